The largest absolute Gasteiger partial charge is 0.336 e. The van der Waals surface area contributed by atoms with Crippen molar-refractivity contribution in [3.63, 3.8) is 0 Å². The van der Waals surface area contributed by atoms with Crippen molar-refractivity contribution in [3.8, 4) is 0 Å². The van der Waals surface area contributed by atoms with Gasteiger partial charge in [-0.1, -0.05) is 0 Å². The van der Waals surface area contributed by atoms with Gasteiger partial charge in [-0.15, -0.1) is 0 Å². The Bertz CT molecular complexity index is 658. The van der Waals surface area contributed by atoms with Crippen LogP contribution in [-0.4, -0.2) is 74.7 Å². The molecule has 126 valence electrons. The fourth-order valence-corrected chi connectivity index (χ4v) is 4.56. The summed E-state index contributed by atoms with van der Waals surface area (Å²) in [6.45, 7) is 4.33. The minimum Gasteiger partial charge on any atom is -0.336 e. The lowest BCUT2D eigenvalue weighted by Gasteiger charge is -2.32. The van der Waals surface area contributed by atoms with Gasteiger partial charge in [-0.3, -0.25) is 4.79 Å². The number of benzene rings is 1. The van der Waals surface area contributed by atoms with Gasteiger partial charge in [0.05, 0.1) is 4.90 Å². The van der Waals surface area contributed by atoms with E-state index in [2.05, 4.69) is 4.90 Å². The van der Waals surface area contributed by atoms with Gasteiger partial charge in [0.15, 0.2) is 0 Å². The van der Waals surface area contributed by atoms with Crippen LogP contribution in [0.25, 0.3) is 0 Å². The first-order valence-corrected chi connectivity index (χ1v) is 9.50. The van der Waals surface area contributed by atoms with Crippen LogP contribution in [0.3, 0.4) is 0 Å². The smallest absolute Gasteiger partial charge is 0.253 e. The molecule has 1 aromatic carbocycles. The van der Waals surface area contributed by atoms with Crippen LogP contribution in [0.15, 0.2) is 29.2 Å². The van der Waals surface area contributed by atoms with E-state index in [0.717, 1.165) is 25.9 Å². The van der Waals surface area contributed by atoms with Crippen molar-refractivity contribution in [1.29, 1.82) is 0 Å². The third-order valence-electron chi connectivity index (χ3n) is 4.59. The van der Waals surface area contributed by atoms with Gasteiger partial charge < -0.3 is 9.80 Å². The fraction of sp³-hybridized carbons (Fsp3) is 0.562. The first-order chi connectivity index (χ1) is 11.0. The van der Waals surface area contributed by atoms with Gasteiger partial charge in [0, 0.05) is 44.8 Å². The summed E-state index contributed by atoms with van der Waals surface area (Å²) in [6, 6.07) is 6.36. The monoisotopic (exact) mass is 337 g/mol. The number of likely N-dealkylation sites (N-methyl/N-ethyl adjacent to an activating group) is 1. The Morgan fingerprint density at radius 3 is 2.04 bits per heavy atom. The average molecular weight is 337 g/mol. The summed E-state index contributed by atoms with van der Waals surface area (Å²) in [7, 11) is -1.37. The molecule has 0 saturated carbocycles. The number of rotatable bonds is 3. The lowest BCUT2D eigenvalue weighted by Crippen LogP contribution is -2.47. The van der Waals surface area contributed by atoms with Crippen LogP contribution in [0, 0.1) is 0 Å². The van der Waals surface area contributed by atoms with Gasteiger partial charge in [0.1, 0.15) is 0 Å². The van der Waals surface area contributed by atoms with Crippen molar-refractivity contribution < 1.29 is 13.2 Å². The molecule has 2 aliphatic rings. The third-order valence-corrected chi connectivity index (χ3v) is 6.51. The summed E-state index contributed by atoms with van der Waals surface area (Å²) in [6.07, 6.45) is 1.83. The molecule has 7 heteroatoms. The van der Waals surface area contributed by atoms with Crippen molar-refractivity contribution >= 4 is 15.9 Å². The van der Waals surface area contributed by atoms with Gasteiger partial charge in [0.2, 0.25) is 10.0 Å². The Kier molecular flexibility index (Phi) is 4.70. The minimum atomic E-state index is -3.41. The molecule has 2 aliphatic heterocycles. The van der Waals surface area contributed by atoms with Crippen LogP contribution in [0.1, 0.15) is 23.2 Å². The lowest BCUT2D eigenvalue weighted by atomic mass is 10.2. The highest BCUT2D eigenvalue weighted by atomic mass is 32.2. The molecule has 2 saturated heterocycles. The van der Waals surface area contributed by atoms with E-state index in [1.807, 2.05) is 11.9 Å². The van der Waals surface area contributed by atoms with Gasteiger partial charge in [0.25, 0.3) is 5.91 Å². The molecule has 2 heterocycles. The van der Waals surface area contributed by atoms with E-state index in [9.17, 15) is 13.2 Å². The molecule has 6 nitrogen and oxygen atoms in total. The lowest BCUT2D eigenvalue weighted by molar-refractivity contribution is 0.0664. The number of carbonyl (C=O) groups is 1. The van der Waals surface area contributed by atoms with Crippen LogP contribution in [0.5, 0.6) is 0 Å². The maximum absolute atomic E-state index is 12.5. The van der Waals surface area contributed by atoms with Crippen LogP contribution in [0.2, 0.25) is 0 Å². The molecule has 0 N–H and O–H groups in total. The molecule has 23 heavy (non-hydrogen) atoms. The van der Waals surface area contributed by atoms with E-state index >= 15 is 0 Å². The fourth-order valence-electron chi connectivity index (χ4n) is 3.04. The zero-order chi connectivity index (χ0) is 16.4. The Hall–Kier alpha value is -1.44. The molecular weight excluding hydrogens is 314 g/mol. The van der Waals surface area contributed by atoms with Crippen molar-refractivity contribution in [1.82, 2.24) is 14.1 Å². The van der Waals surface area contributed by atoms with Gasteiger partial charge in [-0.05, 0) is 44.2 Å². The van der Waals surface area contributed by atoms with E-state index in [0.29, 0.717) is 31.7 Å². The highest BCUT2D eigenvalue weighted by Gasteiger charge is 2.27. The molecule has 0 radical (unpaired) electrons. The van der Waals surface area contributed by atoms with Crippen LogP contribution in [0.4, 0.5) is 0 Å². The van der Waals surface area contributed by atoms with Gasteiger partial charge in [-0.2, -0.15) is 4.31 Å². The molecule has 2 fully saturated rings. The molecule has 3 rings (SSSR count). The molecule has 0 unspecified atom stereocenters. The van der Waals surface area contributed by atoms with Crippen LogP contribution >= 0.6 is 0 Å². The van der Waals surface area contributed by atoms with E-state index in [4.69, 9.17) is 0 Å². The predicted molar refractivity (Wildman–Crippen MR) is 87.8 cm³/mol. The number of hydrogen-bond donors (Lipinski definition) is 0. The molecule has 0 atom stereocenters. The zero-order valence-electron chi connectivity index (χ0n) is 13.4. The van der Waals surface area contributed by atoms with Crippen molar-refractivity contribution in [2.45, 2.75) is 17.7 Å². The highest BCUT2D eigenvalue weighted by molar-refractivity contribution is 7.89. The first-order valence-electron chi connectivity index (χ1n) is 8.06. The molecule has 1 amide bonds. The van der Waals surface area contributed by atoms with Crippen LogP contribution in [-0.2, 0) is 10.0 Å². The minimum absolute atomic E-state index is 0.0248. The molecular formula is C16H23N3O3S. The van der Waals surface area contributed by atoms with E-state index in [-0.39, 0.29) is 10.8 Å². The summed E-state index contributed by atoms with van der Waals surface area (Å²) in [5.41, 5.74) is 0.551. The van der Waals surface area contributed by atoms with Crippen molar-refractivity contribution in [3.05, 3.63) is 29.8 Å². The second-order valence-electron chi connectivity index (χ2n) is 6.23. The maximum atomic E-state index is 12.5. The van der Waals surface area contributed by atoms with E-state index < -0.39 is 10.0 Å². The Morgan fingerprint density at radius 2 is 1.48 bits per heavy atom. The summed E-state index contributed by atoms with van der Waals surface area (Å²) in [5.74, 6) is -0.0248. The Labute approximate surface area is 137 Å². The SMILES string of the molecule is CN1CCN(C(=O)c2ccc(S(=O)(=O)N3CCCC3)cc2)CC1. The summed E-state index contributed by atoms with van der Waals surface area (Å²) in [4.78, 5) is 16.8. The Morgan fingerprint density at radius 1 is 0.913 bits per heavy atom. The quantitative estimate of drug-likeness (QED) is 0.821. The number of carbonyl (C=O) groups excluding carboxylic acids is 1. The van der Waals surface area contributed by atoms with Gasteiger partial charge >= 0.3 is 0 Å². The van der Waals surface area contributed by atoms with Gasteiger partial charge in [-0.25, -0.2) is 8.42 Å². The van der Waals surface area contributed by atoms with Crippen molar-refractivity contribution in [2.24, 2.45) is 0 Å². The first kappa shape index (κ1) is 16.4. The average Bonchev–Trinajstić information content (AvgIpc) is 3.10. The third kappa shape index (κ3) is 3.41. The summed E-state index contributed by atoms with van der Waals surface area (Å²) >= 11 is 0. The van der Waals surface area contributed by atoms with Crippen LogP contribution < -0.4 is 0 Å². The summed E-state index contributed by atoms with van der Waals surface area (Å²) < 4.78 is 26.5. The molecule has 0 bridgehead atoms. The highest BCUT2D eigenvalue weighted by Crippen LogP contribution is 2.21. The van der Waals surface area contributed by atoms with Crippen molar-refractivity contribution in [2.75, 3.05) is 46.3 Å². The second-order valence-corrected chi connectivity index (χ2v) is 8.17. The zero-order valence-corrected chi connectivity index (χ0v) is 14.3. The normalized spacial score (nSPS) is 20.8. The Balaban J connectivity index is 1.73. The predicted octanol–water partition coefficient (Wildman–Crippen LogP) is 0.859. The number of sulfonamides is 1. The second kappa shape index (κ2) is 6.59. The maximum Gasteiger partial charge on any atom is 0.253 e. The standard InChI is InChI=1S/C16H23N3O3S/c1-17-10-12-18(13-11-17)16(20)14-4-6-15(7-5-14)23(21,22)19-8-2-3-9-19/h4-7H,2-3,8-13H2,1H3. The number of hydrogen-bond acceptors (Lipinski definition) is 4. The van der Waals surface area contributed by atoms with E-state index in [1.54, 1.807) is 24.3 Å². The number of nitrogens with zero attached hydrogens (tertiary/aromatic N) is 3. The molecule has 0 aliphatic carbocycles. The topological polar surface area (TPSA) is 60.9 Å². The molecule has 0 aromatic heterocycles. The molecule has 0 spiro atoms. The molecule has 1 aromatic rings. The number of piperazine rings is 1. The number of amides is 1. The van der Waals surface area contributed by atoms with E-state index in [1.165, 1.54) is 4.31 Å². The summed E-state index contributed by atoms with van der Waals surface area (Å²) in [5, 5.41) is 0.